The van der Waals surface area contributed by atoms with Crippen molar-refractivity contribution in [2.24, 2.45) is 0 Å². The Balaban J connectivity index is 2.65. The van der Waals surface area contributed by atoms with Gasteiger partial charge in [-0.2, -0.15) is 0 Å². The summed E-state index contributed by atoms with van der Waals surface area (Å²) in [6, 6.07) is 3.77. The molecule has 1 heterocycles. The van der Waals surface area contributed by atoms with Crippen molar-refractivity contribution < 1.29 is 9.53 Å². The first kappa shape index (κ1) is 8.51. The van der Waals surface area contributed by atoms with Gasteiger partial charge in [0, 0.05) is 15.6 Å². The first-order valence-corrected chi connectivity index (χ1v) is 4.66. The molecule has 3 heteroatoms. The Morgan fingerprint density at radius 1 is 1.46 bits per heavy atom. The smallest absolute Gasteiger partial charge is 0.150 e. The molecule has 1 aromatic carbocycles. The van der Waals surface area contributed by atoms with Gasteiger partial charge in [0.2, 0.25) is 0 Å². The average Bonchev–Trinajstić information content (AvgIpc) is 2.16. The van der Waals surface area contributed by atoms with E-state index in [1.165, 1.54) is 0 Å². The van der Waals surface area contributed by atoms with Crippen molar-refractivity contribution in [3.8, 4) is 0 Å². The lowest BCUT2D eigenvalue weighted by atomic mass is 10.0. The van der Waals surface area contributed by atoms with Gasteiger partial charge >= 0.3 is 0 Å². The van der Waals surface area contributed by atoms with E-state index < -0.39 is 0 Å². The van der Waals surface area contributed by atoms with E-state index in [0.29, 0.717) is 12.2 Å². The maximum Gasteiger partial charge on any atom is 0.150 e. The van der Waals surface area contributed by atoms with Crippen LogP contribution in [-0.2, 0) is 11.3 Å². The fourth-order valence-electron chi connectivity index (χ4n) is 1.35. The molecule has 1 aliphatic heterocycles. The predicted octanol–water partition coefficient (Wildman–Crippen LogP) is 2.76. The van der Waals surface area contributed by atoms with Gasteiger partial charge in [0.05, 0.1) is 6.26 Å². The number of benzene rings is 1. The molecule has 1 aliphatic rings. The van der Waals surface area contributed by atoms with Crippen molar-refractivity contribution in [3.05, 3.63) is 39.6 Å². The third kappa shape index (κ3) is 1.52. The molecule has 0 amide bonds. The van der Waals surface area contributed by atoms with E-state index >= 15 is 0 Å². The highest BCUT2D eigenvalue weighted by Crippen LogP contribution is 2.25. The summed E-state index contributed by atoms with van der Waals surface area (Å²) in [6.45, 7) is 0.479. The average molecular weight is 239 g/mol. The van der Waals surface area contributed by atoms with Crippen LogP contribution in [0.2, 0.25) is 0 Å². The third-order valence-corrected chi connectivity index (χ3v) is 2.44. The second-order valence-corrected chi connectivity index (χ2v) is 3.71. The van der Waals surface area contributed by atoms with E-state index in [4.69, 9.17) is 4.74 Å². The maximum absolute atomic E-state index is 10.7. The number of hydrogen-bond donors (Lipinski definition) is 0. The van der Waals surface area contributed by atoms with Crippen molar-refractivity contribution in [1.82, 2.24) is 0 Å². The molecule has 0 N–H and O–H groups in total. The van der Waals surface area contributed by atoms with Gasteiger partial charge in [-0.05, 0) is 23.8 Å². The number of rotatable bonds is 1. The van der Waals surface area contributed by atoms with Crippen LogP contribution in [0.3, 0.4) is 0 Å². The normalized spacial score (nSPS) is 13.3. The van der Waals surface area contributed by atoms with Crippen molar-refractivity contribution in [3.63, 3.8) is 0 Å². The van der Waals surface area contributed by atoms with Crippen molar-refractivity contribution in [2.45, 2.75) is 6.61 Å². The zero-order chi connectivity index (χ0) is 9.26. The lowest BCUT2D eigenvalue weighted by Crippen LogP contribution is -2.01. The van der Waals surface area contributed by atoms with Gasteiger partial charge in [0.15, 0.2) is 6.29 Å². The molecule has 0 saturated heterocycles. The van der Waals surface area contributed by atoms with Crippen molar-refractivity contribution in [1.29, 1.82) is 0 Å². The number of fused-ring (bicyclic) bond motifs is 1. The predicted molar refractivity (Wildman–Crippen MR) is 53.4 cm³/mol. The molecule has 66 valence electrons. The molecule has 2 nitrogen and oxygen atoms in total. The van der Waals surface area contributed by atoms with Crippen LogP contribution in [0.1, 0.15) is 21.5 Å². The van der Waals surface area contributed by atoms with Crippen LogP contribution in [0.15, 0.2) is 22.9 Å². The molecule has 0 radical (unpaired) electrons. The third-order valence-electron chi connectivity index (χ3n) is 1.98. The van der Waals surface area contributed by atoms with Crippen LogP contribution in [0.5, 0.6) is 0 Å². The quantitative estimate of drug-likeness (QED) is 0.704. The molecule has 1 aromatic rings. The van der Waals surface area contributed by atoms with Crippen LogP contribution < -0.4 is 0 Å². The minimum Gasteiger partial charge on any atom is -0.496 e. The Kier molecular flexibility index (Phi) is 2.19. The zero-order valence-corrected chi connectivity index (χ0v) is 8.37. The summed E-state index contributed by atoms with van der Waals surface area (Å²) in [5.41, 5.74) is 2.69. The van der Waals surface area contributed by atoms with Crippen molar-refractivity contribution in [2.75, 3.05) is 0 Å². The van der Waals surface area contributed by atoms with E-state index in [9.17, 15) is 4.79 Å². The van der Waals surface area contributed by atoms with E-state index in [1.54, 1.807) is 12.3 Å². The molecule has 13 heavy (non-hydrogen) atoms. The van der Waals surface area contributed by atoms with Gasteiger partial charge < -0.3 is 4.74 Å². The summed E-state index contributed by atoms with van der Waals surface area (Å²) in [5, 5.41) is 0. The van der Waals surface area contributed by atoms with E-state index in [1.807, 2.05) is 12.1 Å². The number of carbonyl (C=O) groups is 1. The lowest BCUT2D eigenvalue weighted by molar-refractivity contribution is 0.111. The monoisotopic (exact) mass is 238 g/mol. The standard InChI is InChI=1S/C10H7BrO2/c11-9-3-7-1-2-13-6-10(7)8(4-9)5-12/h1-5H,6H2. The Labute approximate surface area is 84.3 Å². The highest BCUT2D eigenvalue weighted by Gasteiger charge is 2.10. The van der Waals surface area contributed by atoms with Crippen LogP contribution in [0.4, 0.5) is 0 Å². The lowest BCUT2D eigenvalue weighted by Gasteiger charge is -2.13. The fourth-order valence-corrected chi connectivity index (χ4v) is 1.85. The van der Waals surface area contributed by atoms with Gasteiger partial charge in [-0.1, -0.05) is 15.9 Å². The summed E-state index contributed by atoms with van der Waals surface area (Å²) < 4.78 is 6.04. The summed E-state index contributed by atoms with van der Waals surface area (Å²) >= 11 is 3.35. The van der Waals surface area contributed by atoms with E-state index in [-0.39, 0.29) is 0 Å². The SMILES string of the molecule is O=Cc1cc(Br)cc2c1COC=C2. The van der Waals surface area contributed by atoms with E-state index in [2.05, 4.69) is 15.9 Å². The molecule has 0 fully saturated rings. The largest absolute Gasteiger partial charge is 0.496 e. The Morgan fingerprint density at radius 3 is 3.08 bits per heavy atom. The van der Waals surface area contributed by atoms with Crippen LogP contribution in [0, 0.1) is 0 Å². The highest BCUT2D eigenvalue weighted by atomic mass is 79.9. The molecule has 2 rings (SSSR count). The van der Waals surface area contributed by atoms with Gasteiger partial charge in [-0.15, -0.1) is 0 Å². The molecular formula is C10H7BrO2. The minimum atomic E-state index is 0.479. The Bertz CT molecular complexity index is 383. The van der Waals surface area contributed by atoms with E-state index in [0.717, 1.165) is 21.9 Å². The molecule has 0 atom stereocenters. The summed E-state index contributed by atoms with van der Waals surface area (Å²) in [6.07, 6.45) is 4.35. The fraction of sp³-hybridized carbons (Fsp3) is 0.100. The van der Waals surface area contributed by atoms with Gasteiger partial charge in [0.1, 0.15) is 6.61 Å². The zero-order valence-electron chi connectivity index (χ0n) is 6.79. The summed E-state index contributed by atoms with van der Waals surface area (Å²) in [7, 11) is 0. The molecule has 0 unspecified atom stereocenters. The first-order valence-electron chi connectivity index (χ1n) is 3.87. The second-order valence-electron chi connectivity index (χ2n) is 2.79. The number of aldehydes is 1. The Morgan fingerprint density at radius 2 is 2.31 bits per heavy atom. The Hall–Kier alpha value is -1.09. The number of hydrogen-bond acceptors (Lipinski definition) is 2. The molecule has 0 aliphatic carbocycles. The van der Waals surface area contributed by atoms with Crippen molar-refractivity contribution >= 4 is 28.3 Å². The molecule has 0 bridgehead atoms. The van der Waals surface area contributed by atoms with Crippen LogP contribution in [0.25, 0.3) is 6.08 Å². The summed E-state index contributed by atoms with van der Waals surface area (Å²) in [5.74, 6) is 0. The van der Waals surface area contributed by atoms with Crippen LogP contribution >= 0.6 is 15.9 Å². The number of halogens is 1. The summed E-state index contributed by atoms with van der Waals surface area (Å²) in [4.78, 5) is 10.7. The number of ether oxygens (including phenoxy) is 1. The highest BCUT2D eigenvalue weighted by molar-refractivity contribution is 9.10. The van der Waals surface area contributed by atoms with Gasteiger partial charge in [-0.3, -0.25) is 4.79 Å². The molecule has 0 aromatic heterocycles. The first-order chi connectivity index (χ1) is 6.31. The number of carbonyl (C=O) groups excluding carboxylic acids is 1. The minimum absolute atomic E-state index is 0.479. The van der Waals surface area contributed by atoms with Crippen LogP contribution in [-0.4, -0.2) is 6.29 Å². The van der Waals surface area contributed by atoms with Gasteiger partial charge in [0.25, 0.3) is 0 Å². The second kappa shape index (κ2) is 3.34. The molecular weight excluding hydrogens is 232 g/mol. The topological polar surface area (TPSA) is 26.3 Å². The molecule has 0 saturated carbocycles. The van der Waals surface area contributed by atoms with Gasteiger partial charge in [-0.25, -0.2) is 0 Å². The maximum atomic E-state index is 10.7. The molecule has 0 spiro atoms.